The number of methoxy groups -OCH3 is 2. The average Bonchev–Trinajstić information content (AvgIpc) is 3.36. The minimum absolute atomic E-state index is 0.0360. The van der Waals surface area contributed by atoms with E-state index < -0.39 is 17.9 Å². The third-order valence-corrected chi connectivity index (χ3v) is 7.67. The molecule has 0 spiro atoms. The lowest BCUT2D eigenvalue weighted by atomic mass is 9.77. The van der Waals surface area contributed by atoms with Gasteiger partial charge in [-0.1, -0.05) is 29.9 Å². The van der Waals surface area contributed by atoms with Crippen molar-refractivity contribution in [2.24, 2.45) is 5.92 Å². The van der Waals surface area contributed by atoms with Gasteiger partial charge in [-0.2, -0.15) is 0 Å². The third kappa shape index (κ3) is 3.42. The zero-order valence-electron chi connectivity index (χ0n) is 18.6. The highest BCUT2D eigenvalue weighted by Gasteiger charge is 2.53. The number of anilines is 1. The summed E-state index contributed by atoms with van der Waals surface area (Å²) >= 11 is 1.07. The molecule has 0 N–H and O–H groups in total. The fourth-order valence-electron chi connectivity index (χ4n) is 4.94. The topological polar surface area (TPSA) is 95.0 Å². The van der Waals surface area contributed by atoms with Gasteiger partial charge in [0.1, 0.15) is 16.7 Å². The van der Waals surface area contributed by atoms with Crippen LogP contribution in [0.15, 0.2) is 35.6 Å². The number of hydrogen-bond acceptors (Lipinski definition) is 8. The van der Waals surface area contributed by atoms with Crippen LogP contribution in [0.2, 0.25) is 0 Å². The van der Waals surface area contributed by atoms with E-state index in [9.17, 15) is 14.4 Å². The van der Waals surface area contributed by atoms with Gasteiger partial charge in [0.25, 0.3) is 5.91 Å². The molecular formula is C24H24N2O6S. The Hall–Kier alpha value is -3.20. The summed E-state index contributed by atoms with van der Waals surface area (Å²) in [5.41, 5.74) is 1.54. The molecule has 0 saturated heterocycles. The van der Waals surface area contributed by atoms with Gasteiger partial charge in [-0.25, -0.2) is 9.78 Å². The highest BCUT2D eigenvalue weighted by atomic mass is 32.1. The average molecular weight is 469 g/mol. The van der Waals surface area contributed by atoms with Gasteiger partial charge in [0, 0.05) is 0 Å². The van der Waals surface area contributed by atoms with Crippen molar-refractivity contribution in [3.63, 3.8) is 0 Å². The molecule has 1 aromatic heterocycles. The standard InChI is InChI=1S/C24H24N2O6S/c1-12-21(23(29)31-3)33-24(25-12)26-18(13-7-6-8-14(11-13)30-2)17-19(27)15-9-4-5-10-16(15)32-20(17)22(26)28/h6-8,11,15-16,18H,4-5,9-10H2,1-3H3. The van der Waals surface area contributed by atoms with E-state index in [1.54, 1.807) is 20.1 Å². The molecule has 1 amide bonds. The first-order chi connectivity index (χ1) is 15.9. The molecule has 3 unspecified atom stereocenters. The normalized spacial score (nSPS) is 24.3. The van der Waals surface area contributed by atoms with Crippen LogP contribution in [0, 0.1) is 12.8 Å². The minimum Gasteiger partial charge on any atom is -0.497 e. The number of aryl methyl sites for hydroxylation is 1. The predicted octanol–water partition coefficient (Wildman–Crippen LogP) is 3.75. The molecule has 8 nitrogen and oxygen atoms in total. The number of rotatable bonds is 4. The van der Waals surface area contributed by atoms with Crippen molar-refractivity contribution in [2.45, 2.75) is 44.8 Å². The van der Waals surface area contributed by atoms with Crippen molar-refractivity contribution in [2.75, 3.05) is 19.1 Å². The summed E-state index contributed by atoms with van der Waals surface area (Å²) < 4.78 is 16.4. The zero-order valence-corrected chi connectivity index (χ0v) is 19.4. The van der Waals surface area contributed by atoms with Gasteiger partial charge in [0.05, 0.1) is 37.4 Å². The number of esters is 1. The SMILES string of the molecule is COC(=O)c1sc(N2C(=O)C3=C(C(=O)C4CCCCC4O3)C2c2cccc(OC)c2)nc1C. The number of carbonyl (C=O) groups is 3. The van der Waals surface area contributed by atoms with Crippen molar-refractivity contribution < 1.29 is 28.6 Å². The van der Waals surface area contributed by atoms with E-state index in [0.717, 1.165) is 37.0 Å². The number of thiazole rings is 1. The summed E-state index contributed by atoms with van der Waals surface area (Å²) in [6, 6.07) is 6.57. The van der Waals surface area contributed by atoms with Crippen molar-refractivity contribution in [1.29, 1.82) is 0 Å². The van der Waals surface area contributed by atoms with Crippen LogP contribution in [0.25, 0.3) is 0 Å². The Bertz CT molecular complexity index is 1190. The Balaban J connectivity index is 1.66. The maximum Gasteiger partial charge on any atom is 0.350 e. The molecule has 33 heavy (non-hydrogen) atoms. The maximum atomic E-state index is 13.7. The molecule has 0 bridgehead atoms. The molecule has 2 aromatic rings. The summed E-state index contributed by atoms with van der Waals surface area (Å²) in [4.78, 5) is 45.8. The molecule has 0 radical (unpaired) electrons. The number of Topliss-reactive ketones (excluding diaryl/α,β-unsaturated/α-hetero) is 1. The van der Waals surface area contributed by atoms with Crippen LogP contribution in [0.3, 0.4) is 0 Å². The fourth-order valence-corrected chi connectivity index (χ4v) is 5.95. The molecule has 5 rings (SSSR count). The molecule has 3 atom stereocenters. The molecule has 1 aromatic carbocycles. The fraction of sp³-hybridized carbons (Fsp3) is 0.417. The number of ether oxygens (including phenoxy) is 3. The van der Waals surface area contributed by atoms with Gasteiger partial charge in [-0.05, 0) is 43.9 Å². The lowest BCUT2D eigenvalue weighted by Gasteiger charge is -2.35. The molecule has 1 fully saturated rings. The second-order valence-electron chi connectivity index (χ2n) is 8.41. The van der Waals surface area contributed by atoms with Gasteiger partial charge >= 0.3 is 5.97 Å². The lowest BCUT2D eigenvalue weighted by Crippen LogP contribution is -2.39. The van der Waals surface area contributed by atoms with Gasteiger partial charge in [-0.3, -0.25) is 14.5 Å². The van der Waals surface area contributed by atoms with Crippen LogP contribution < -0.4 is 9.64 Å². The molecule has 1 aliphatic carbocycles. The first kappa shape index (κ1) is 21.6. The number of benzene rings is 1. The molecule has 172 valence electrons. The van der Waals surface area contributed by atoms with Crippen molar-refractivity contribution in [3.8, 4) is 5.75 Å². The largest absolute Gasteiger partial charge is 0.497 e. The highest BCUT2D eigenvalue weighted by molar-refractivity contribution is 7.17. The molecule has 2 aliphatic heterocycles. The van der Waals surface area contributed by atoms with E-state index in [1.165, 1.54) is 12.0 Å². The molecule has 9 heteroatoms. The lowest BCUT2D eigenvalue weighted by molar-refractivity contribution is -0.131. The number of aromatic nitrogens is 1. The van der Waals surface area contributed by atoms with Gasteiger partial charge in [-0.15, -0.1) is 0 Å². The number of amides is 1. The predicted molar refractivity (Wildman–Crippen MR) is 120 cm³/mol. The maximum absolute atomic E-state index is 13.7. The van der Waals surface area contributed by atoms with E-state index in [1.807, 2.05) is 18.2 Å². The Morgan fingerprint density at radius 3 is 2.76 bits per heavy atom. The van der Waals surface area contributed by atoms with Crippen LogP contribution in [0.1, 0.15) is 52.7 Å². The molecule has 3 aliphatic rings. The number of ketones is 1. The van der Waals surface area contributed by atoms with Crippen LogP contribution in [0.5, 0.6) is 5.75 Å². The Labute approximate surface area is 195 Å². The molecule has 3 heterocycles. The van der Waals surface area contributed by atoms with E-state index in [4.69, 9.17) is 14.2 Å². The van der Waals surface area contributed by atoms with E-state index in [2.05, 4.69) is 4.98 Å². The van der Waals surface area contributed by atoms with Crippen LogP contribution in [-0.2, 0) is 19.1 Å². The van der Waals surface area contributed by atoms with Crippen molar-refractivity contribution in [3.05, 3.63) is 51.7 Å². The Kier molecular flexibility index (Phi) is 5.44. The van der Waals surface area contributed by atoms with E-state index >= 15 is 0 Å². The van der Waals surface area contributed by atoms with E-state index in [-0.39, 0.29) is 23.6 Å². The minimum atomic E-state index is -0.714. The summed E-state index contributed by atoms with van der Waals surface area (Å²) in [5, 5.41) is 0.319. The van der Waals surface area contributed by atoms with E-state index in [0.29, 0.717) is 32.6 Å². The quantitative estimate of drug-likeness (QED) is 0.631. The molecular weight excluding hydrogens is 444 g/mol. The zero-order chi connectivity index (χ0) is 23.3. The molecule has 1 saturated carbocycles. The van der Waals surface area contributed by atoms with Crippen molar-refractivity contribution in [1.82, 2.24) is 4.98 Å². The van der Waals surface area contributed by atoms with Gasteiger partial charge < -0.3 is 14.2 Å². The van der Waals surface area contributed by atoms with Gasteiger partial charge in [0.15, 0.2) is 16.7 Å². The van der Waals surface area contributed by atoms with Crippen LogP contribution in [0.4, 0.5) is 5.13 Å². The number of carbonyl (C=O) groups excluding carboxylic acids is 3. The number of nitrogens with zero attached hydrogens (tertiary/aromatic N) is 2. The highest BCUT2D eigenvalue weighted by Crippen LogP contribution is 2.49. The summed E-state index contributed by atoms with van der Waals surface area (Å²) in [6.07, 6.45) is 3.18. The van der Waals surface area contributed by atoms with Crippen LogP contribution in [-0.4, -0.2) is 43.0 Å². The Morgan fingerprint density at radius 2 is 2.00 bits per heavy atom. The van der Waals surface area contributed by atoms with Crippen LogP contribution >= 0.6 is 11.3 Å². The first-order valence-corrected chi connectivity index (χ1v) is 11.7. The summed E-state index contributed by atoms with van der Waals surface area (Å²) in [5.74, 6) is -0.506. The first-order valence-electron chi connectivity index (χ1n) is 10.9. The smallest absolute Gasteiger partial charge is 0.350 e. The second kappa shape index (κ2) is 8.30. The van der Waals surface area contributed by atoms with Crippen molar-refractivity contribution >= 4 is 34.1 Å². The number of fused-ring (bicyclic) bond motifs is 1. The summed E-state index contributed by atoms with van der Waals surface area (Å²) in [7, 11) is 2.87. The monoisotopic (exact) mass is 468 g/mol. The third-order valence-electron chi connectivity index (χ3n) is 6.54. The second-order valence-corrected chi connectivity index (χ2v) is 9.39. The Morgan fingerprint density at radius 1 is 1.21 bits per heavy atom. The number of hydrogen-bond donors (Lipinski definition) is 0. The van der Waals surface area contributed by atoms with Gasteiger partial charge in [0.2, 0.25) is 0 Å². The summed E-state index contributed by atoms with van der Waals surface area (Å²) in [6.45, 7) is 1.69.